The van der Waals surface area contributed by atoms with Gasteiger partial charge >= 0.3 is 0 Å². The summed E-state index contributed by atoms with van der Waals surface area (Å²) in [6.07, 6.45) is 5.05. The fraction of sp³-hybridized carbons (Fsp3) is 0.455. The molecule has 0 amide bonds. The van der Waals surface area contributed by atoms with Crippen molar-refractivity contribution in [3.63, 3.8) is 0 Å². The topological polar surface area (TPSA) is 72.8 Å². The number of nitrogens with one attached hydrogen (secondary N) is 2. The van der Waals surface area contributed by atoms with Gasteiger partial charge in [-0.2, -0.15) is 0 Å². The van der Waals surface area contributed by atoms with E-state index in [4.69, 9.17) is 0 Å². The minimum atomic E-state index is -0.626. The van der Waals surface area contributed by atoms with Gasteiger partial charge in [0.15, 0.2) is 5.96 Å². The average molecular weight is 382 g/mol. The molecular formula is C22H31N5O. The van der Waals surface area contributed by atoms with E-state index in [0.29, 0.717) is 12.6 Å². The molecule has 1 saturated heterocycles. The number of aliphatic hydroxyl groups excluding tert-OH is 1. The number of benzene rings is 1. The smallest absolute Gasteiger partial charge is 0.191 e. The summed E-state index contributed by atoms with van der Waals surface area (Å²) in [5, 5.41) is 17.2. The Morgan fingerprint density at radius 3 is 2.79 bits per heavy atom. The largest absolute Gasteiger partial charge is 0.386 e. The molecule has 2 heterocycles. The van der Waals surface area contributed by atoms with Crippen molar-refractivity contribution < 1.29 is 5.11 Å². The third kappa shape index (κ3) is 6.32. The zero-order valence-corrected chi connectivity index (χ0v) is 16.6. The van der Waals surface area contributed by atoms with Gasteiger partial charge < -0.3 is 15.7 Å². The number of pyridine rings is 1. The summed E-state index contributed by atoms with van der Waals surface area (Å²) in [5.74, 6) is 0.766. The molecule has 2 aromatic rings. The molecule has 1 fully saturated rings. The molecule has 6 nitrogen and oxygen atoms in total. The SMILES string of the molecule is CCNC(=NCC(O)c1ccncc1)NC1CCCN(Cc2ccccc2)C1. The number of hydrogen-bond acceptors (Lipinski definition) is 4. The number of aliphatic hydroxyl groups is 1. The molecule has 1 aliphatic heterocycles. The molecule has 28 heavy (non-hydrogen) atoms. The van der Waals surface area contributed by atoms with Crippen LogP contribution >= 0.6 is 0 Å². The maximum atomic E-state index is 10.4. The van der Waals surface area contributed by atoms with E-state index in [1.165, 1.54) is 12.0 Å². The molecule has 0 spiro atoms. The number of piperidine rings is 1. The van der Waals surface area contributed by atoms with Crippen LogP contribution < -0.4 is 10.6 Å². The third-order valence-corrected chi connectivity index (χ3v) is 4.95. The lowest BCUT2D eigenvalue weighted by Gasteiger charge is -2.34. The van der Waals surface area contributed by atoms with Crippen LogP contribution in [0.2, 0.25) is 0 Å². The minimum Gasteiger partial charge on any atom is -0.386 e. The van der Waals surface area contributed by atoms with Crippen LogP contribution in [0.25, 0.3) is 0 Å². The first kappa shape index (κ1) is 20.3. The number of guanidine groups is 1. The third-order valence-electron chi connectivity index (χ3n) is 4.95. The van der Waals surface area contributed by atoms with Crippen molar-refractivity contribution in [2.45, 2.75) is 38.5 Å². The molecule has 3 N–H and O–H groups in total. The number of aromatic nitrogens is 1. The van der Waals surface area contributed by atoms with E-state index < -0.39 is 6.10 Å². The molecule has 0 radical (unpaired) electrons. The molecule has 0 saturated carbocycles. The van der Waals surface area contributed by atoms with Crippen molar-refractivity contribution >= 4 is 5.96 Å². The Hall–Kier alpha value is -2.44. The maximum absolute atomic E-state index is 10.4. The van der Waals surface area contributed by atoms with Crippen LogP contribution in [0.15, 0.2) is 59.9 Å². The molecule has 150 valence electrons. The molecule has 1 aliphatic rings. The quantitative estimate of drug-likeness (QED) is 0.507. The standard InChI is InChI=1S/C22H31N5O/c1-2-24-22(25-15-21(28)19-10-12-23-13-11-19)26-20-9-6-14-27(17-20)16-18-7-4-3-5-8-18/h3-5,7-8,10-13,20-21,28H,2,6,9,14-17H2,1H3,(H2,24,25,26). The van der Waals surface area contributed by atoms with E-state index in [2.05, 4.69) is 62.8 Å². The van der Waals surface area contributed by atoms with Crippen molar-refractivity contribution in [3.8, 4) is 0 Å². The first-order valence-corrected chi connectivity index (χ1v) is 10.1. The summed E-state index contributed by atoms with van der Waals surface area (Å²) in [6, 6.07) is 14.6. The highest BCUT2D eigenvalue weighted by Gasteiger charge is 2.21. The van der Waals surface area contributed by atoms with Gasteiger partial charge in [0.1, 0.15) is 0 Å². The zero-order chi connectivity index (χ0) is 19.6. The van der Waals surface area contributed by atoms with Crippen molar-refractivity contribution in [1.29, 1.82) is 0 Å². The van der Waals surface area contributed by atoms with Gasteiger partial charge in [-0.05, 0) is 49.6 Å². The Morgan fingerprint density at radius 2 is 2.04 bits per heavy atom. The Kier molecular flexibility index (Phi) is 7.82. The maximum Gasteiger partial charge on any atom is 0.191 e. The molecule has 1 aromatic carbocycles. The van der Waals surface area contributed by atoms with Gasteiger partial charge in [-0.3, -0.25) is 14.9 Å². The molecule has 1 aromatic heterocycles. The Labute approximate surface area is 167 Å². The highest BCUT2D eigenvalue weighted by Crippen LogP contribution is 2.14. The van der Waals surface area contributed by atoms with Crippen molar-refractivity contribution in [2.24, 2.45) is 4.99 Å². The monoisotopic (exact) mass is 381 g/mol. The van der Waals surface area contributed by atoms with Gasteiger partial charge in [0.2, 0.25) is 0 Å². The van der Waals surface area contributed by atoms with Crippen LogP contribution in [0.5, 0.6) is 0 Å². The highest BCUT2D eigenvalue weighted by atomic mass is 16.3. The number of hydrogen-bond donors (Lipinski definition) is 3. The van der Waals surface area contributed by atoms with Crippen LogP contribution in [0.4, 0.5) is 0 Å². The lowest BCUT2D eigenvalue weighted by molar-refractivity contribution is 0.185. The fourth-order valence-corrected chi connectivity index (χ4v) is 3.54. The molecule has 3 rings (SSSR count). The summed E-state index contributed by atoms with van der Waals surface area (Å²) < 4.78 is 0. The van der Waals surface area contributed by atoms with E-state index >= 15 is 0 Å². The number of rotatable bonds is 7. The normalized spacial score (nSPS) is 19.2. The zero-order valence-electron chi connectivity index (χ0n) is 16.6. The van der Waals surface area contributed by atoms with Gasteiger partial charge in [-0.15, -0.1) is 0 Å². The van der Waals surface area contributed by atoms with E-state index in [9.17, 15) is 5.11 Å². The van der Waals surface area contributed by atoms with Crippen molar-refractivity contribution in [1.82, 2.24) is 20.5 Å². The lowest BCUT2D eigenvalue weighted by atomic mass is 10.0. The molecular weight excluding hydrogens is 350 g/mol. The Bertz CT molecular complexity index is 722. The van der Waals surface area contributed by atoms with E-state index in [1.807, 2.05) is 12.1 Å². The number of likely N-dealkylation sites (tertiary alicyclic amines) is 1. The van der Waals surface area contributed by atoms with E-state index in [0.717, 1.165) is 44.1 Å². The van der Waals surface area contributed by atoms with Crippen LogP contribution in [0.1, 0.15) is 37.0 Å². The van der Waals surface area contributed by atoms with Crippen LogP contribution in [0.3, 0.4) is 0 Å². The summed E-state index contributed by atoms with van der Waals surface area (Å²) in [7, 11) is 0. The Morgan fingerprint density at radius 1 is 1.25 bits per heavy atom. The second-order valence-corrected chi connectivity index (χ2v) is 7.22. The van der Waals surface area contributed by atoms with Crippen molar-refractivity contribution in [3.05, 3.63) is 66.0 Å². The van der Waals surface area contributed by atoms with E-state index in [1.54, 1.807) is 12.4 Å². The predicted octanol–water partition coefficient (Wildman–Crippen LogP) is 2.33. The molecule has 0 bridgehead atoms. The average Bonchev–Trinajstić information content (AvgIpc) is 2.73. The second kappa shape index (κ2) is 10.8. The number of nitrogens with zero attached hydrogens (tertiary/aromatic N) is 3. The van der Waals surface area contributed by atoms with E-state index in [-0.39, 0.29) is 0 Å². The van der Waals surface area contributed by atoms with Crippen LogP contribution in [-0.2, 0) is 6.54 Å². The first-order chi connectivity index (χ1) is 13.7. The van der Waals surface area contributed by atoms with Gasteiger partial charge in [-0.25, -0.2) is 0 Å². The van der Waals surface area contributed by atoms with Gasteiger partial charge in [0.25, 0.3) is 0 Å². The van der Waals surface area contributed by atoms with Gasteiger partial charge in [0, 0.05) is 38.1 Å². The van der Waals surface area contributed by atoms with Crippen LogP contribution in [-0.4, -0.2) is 53.2 Å². The number of aliphatic imine (C=N–C) groups is 1. The van der Waals surface area contributed by atoms with Gasteiger partial charge in [-0.1, -0.05) is 30.3 Å². The highest BCUT2D eigenvalue weighted by molar-refractivity contribution is 5.80. The van der Waals surface area contributed by atoms with Crippen molar-refractivity contribution in [2.75, 3.05) is 26.2 Å². The molecule has 2 unspecified atom stereocenters. The first-order valence-electron chi connectivity index (χ1n) is 10.1. The minimum absolute atomic E-state index is 0.319. The Balaban J connectivity index is 1.55. The fourth-order valence-electron chi connectivity index (χ4n) is 3.54. The summed E-state index contributed by atoms with van der Waals surface area (Å²) in [5.41, 5.74) is 2.19. The molecule has 0 aliphatic carbocycles. The lowest BCUT2D eigenvalue weighted by Crippen LogP contribution is -2.51. The summed E-state index contributed by atoms with van der Waals surface area (Å²) in [6.45, 7) is 6.26. The predicted molar refractivity (Wildman–Crippen MR) is 113 cm³/mol. The van der Waals surface area contributed by atoms with Crippen LogP contribution in [0, 0.1) is 0 Å². The van der Waals surface area contributed by atoms with Gasteiger partial charge in [0.05, 0.1) is 12.6 Å². The summed E-state index contributed by atoms with van der Waals surface area (Å²) >= 11 is 0. The second-order valence-electron chi connectivity index (χ2n) is 7.22. The molecule has 6 heteroatoms. The molecule has 2 atom stereocenters. The summed E-state index contributed by atoms with van der Waals surface area (Å²) in [4.78, 5) is 11.1.